The van der Waals surface area contributed by atoms with Crippen molar-refractivity contribution in [1.82, 2.24) is 0 Å². The van der Waals surface area contributed by atoms with Crippen molar-refractivity contribution in [3.8, 4) is 0 Å². The van der Waals surface area contributed by atoms with Crippen molar-refractivity contribution in [2.45, 2.75) is 0 Å². The maximum Gasteiger partial charge on any atom is 0.379 e. The van der Waals surface area contributed by atoms with Gasteiger partial charge in [0.05, 0.1) is 26.4 Å². The van der Waals surface area contributed by atoms with Gasteiger partial charge in [0, 0.05) is 11.4 Å². The van der Waals surface area contributed by atoms with Crippen molar-refractivity contribution in [2.24, 2.45) is 0 Å². The third-order valence-electron chi connectivity index (χ3n) is 2.28. The van der Waals surface area contributed by atoms with Gasteiger partial charge in [0.15, 0.2) is 0 Å². The zero-order valence-electron chi connectivity index (χ0n) is 11.0. The van der Waals surface area contributed by atoms with Gasteiger partial charge >= 0.3 is 5.97 Å². The van der Waals surface area contributed by atoms with E-state index in [2.05, 4.69) is 0 Å². The predicted molar refractivity (Wildman–Crippen MR) is 74.1 cm³/mol. The number of ether oxygens (including phenoxy) is 3. The van der Waals surface area contributed by atoms with Crippen LogP contribution in [-0.4, -0.2) is 50.7 Å². The lowest BCUT2D eigenvalue weighted by atomic mass is 10.1. The second-order valence-corrected chi connectivity index (χ2v) is 4.12. The molecular formula is C14H17ClO5. The van der Waals surface area contributed by atoms with Crippen LogP contribution >= 0.6 is 11.6 Å². The van der Waals surface area contributed by atoms with Crippen molar-refractivity contribution in [3.05, 3.63) is 35.9 Å². The van der Waals surface area contributed by atoms with Gasteiger partial charge in [0.25, 0.3) is 5.78 Å². The Labute approximate surface area is 122 Å². The van der Waals surface area contributed by atoms with E-state index in [1.807, 2.05) is 0 Å². The van der Waals surface area contributed by atoms with Crippen LogP contribution in [0.2, 0.25) is 0 Å². The molecule has 0 radical (unpaired) electrons. The smallest absolute Gasteiger partial charge is 0.379 e. The molecule has 0 aliphatic rings. The lowest BCUT2D eigenvalue weighted by molar-refractivity contribution is -0.139. The molecule has 1 aromatic carbocycles. The van der Waals surface area contributed by atoms with E-state index in [0.717, 1.165) is 0 Å². The number of esters is 1. The summed E-state index contributed by atoms with van der Waals surface area (Å²) in [6.07, 6.45) is 0. The number of benzene rings is 1. The molecule has 0 saturated heterocycles. The van der Waals surface area contributed by atoms with Gasteiger partial charge in [-0.2, -0.15) is 0 Å². The van der Waals surface area contributed by atoms with Gasteiger partial charge in [-0.3, -0.25) is 4.79 Å². The van der Waals surface area contributed by atoms with E-state index in [0.29, 0.717) is 31.3 Å². The molecule has 0 saturated carbocycles. The molecule has 1 aromatic rings. The number of hydrogen-bond donors (Lipinski definition) is 0. The highest BCUT2D eigenvalue weighted by atomic mass is 35.5. The Bertz CT molecular complexity index is 407. The number of hydrogen-bond acceptors (Lipinski definition) is 5. The second-order valence-electron chi connectivity index (χ2n) is 3.74. The quantitative estimate of drug-likeness (QED) is 0.216. The zero-order valence-corrected chi connectivity index (χ0v) is 11.8. The number of carbonyl (C=O) groups is 2. The molecule has 0 aliphatic heterocycles. The lowest BCUT2D eigenvalue weighted by Crippen LogP contribution is -2.20. The van der Waals surface area contributed by atoms with Crippen molar-refractivity contribution in [2.75, 3.05) is 38.9 Å². The minimum atomic E-state index is -0.877. The first-order valence-electron chi connectivity index (χ1n) is 6.23. The third-order valence-corrected chi connectivity index (χ3v) is 2.43. The highest BCUT2D eigenvalue weighted by molar-refractivity contribution is 6.40. The van der Waals surface area contributed by atoms with Gasteiger partial charge in [0.1, 0.15) is 6.61 Å². The van der Waals surface area contributed by atoms with Crippen LogP contribution in [0, 0.1) is 0 Å². The molecule has 0 spiro atoms. The Morgan fingerprint density at radius 1 is 0.900 bits per heavy atom. The van der Waals surface area contributed by atoms with Crippen LogP contribution in [0.15, 0.2) is 30.3 Å². The molecule has 0 atom stereocenters. The van der Waals surface area contributed by atoms with Crippen LogP contribution in [0.4, 0.5) is 0 Å². The SMILES string of the molecule is O=C(OCCOCCOCCCl)C(=O)c1ccccc1. The fourth-order valence-corrected chi connectivity index (χ4v) is 1.45. The number of rotatable bonds is 10. The summed E-state index contributed by atoms with van der Waals surface area (Å²) in [5.74, 6) is -1.09. The van der Waals surface area contributed by atoms with Gasteiger partial charge in [-0.25, -0.2) is 4.79 Å². The molecule has 5 nitrogen and oxygen atoms in total. The summed E-state index contributed by atoms with van der Waals surface area (Å²) in [5, 5.41) is 0. The second kappa shape index (κ2) is 10.4. The third kappa shape index (κ3) is 6.65. The molecule has 1 rings (SSSR count). The molecule has 20 heavy (non-hydrogen) atoms. The van der Waals surface area contributed by atoms with Crippen LogP contribution in [0.5, 0.6) is 0 Å². The molecule has 0 amide bonds. The standard InChI is InChI=1S/C14H17ClO5/c15-6-7-18-8-9-19-10-11-20-14(17)13(16)12-4-2-1-3-5-12/h1-5H,6-11H2. The average molecular weight is 301 g/mol. The predicted octanol–water partition coefficient (Wildman–Crippen LogP) is 1.68. The largest absolute Gasteiger partial charge is 0.457 e. The molecule has 0 unspecified atom stereocenters. The molecule has 0 fully saturated rings. The summed E-state index contributed by atoms with van der Waals surface area (Å²) in [7, 11) is 0. The van der Waals surface area contributed by atoms with E-state index in [-0.39, 0.29) is 13.2 Å². The Morgan fingerprint density at radius 3 is 2.15 bits per heavy atom. The fourth-order valence-electron chi connectivity index (χ4n) is 1.34. The van der Waals surface area contributed by atoms with Crippen molar-refractivity contribution < 1.29 is 23.8 Å². The molecular weight excluding hydrogens is 284 g/mol. The Morgan fingerprint density at radius 2 is 1.50 bits per heavy atom. The summed E-state index contributed by atoms with van der Waals surface area (Å²) in [4.78, 5) is 23.1. The minimum Gasteiger partial charge on any atom is -0.457 e. The van der Waals surface area contributed by atoms with Crippen molar-refractivity contribution in [3.63, 3.8) is 0 Å². The van der Waals surface area contributed by atoms with E-state index in [4.69, 9.17) is 25.8 Å². The average Bonchev–Trinajstić information content (AvgIpc) is 2.50. The summed E-state index contributed by atoms with van der Waals surface area (Å²) >= 11 is 5.42. The Kier molecular flexibility index (Phi) is 8.62. The van der Waals surface area contributed by atoms with E-state index in [1.165, 1.54) is 0 Å². The molecule has 0 N–H and O–H groups in total. The number of ketones is 1. The summed E-state index contributed by atoms with van der Waals surface area (Å²) in [6, 6.07) is 8.26. The van der Waals surface area contributed by atoms with Crippen molar-refractivity contribution in [1.29, 1.82) is 0 Å². The number of carbonyl (C=O) groups excluding carboxylic acids is 2. The number of alkyl halides is 1. The minimum absolute atomic E-state index is 0.0346. The molecule has 0 heterocycles. The fraction of sp³-hybridized carbons (Fsp3) is 0.429. The number of Topliss-reactive ketones (excluding diaryl/α,β-unsaturated/α-hetero) is 1. The van der Waals surface area contributed by atoms with Crippen LogP contribution in [-0.2, 0) is 19.0 Å². The molecule has 6 heteroatoms. The summed E-state index contributed by atoms with van der Waals surface area (Å²) in [5.41, 5.74) is 0.313. The molecule has 110 valence electrons. The van der Waals surface area contributed by atoms with Crippen LogP contribution in [0.3, 0.4) is 0 Å². The Hall–Kier alpha value is -1.43. The topological polar surface area (TPSA) is 61.8 Å². The molecule has 0 bridgehead atoms. The van der Waals surface area contributed by atoms with E-state index in [1.54, 1.807) is 30.3 Å². The highest BCUT2D eigenvalue weighted by Crippen LogP contribution is 2.01. The normalized spacial score (nSPS) is 10.2. The number of halogens is 1. The van der Waals surface area contributed by atoms with Crippen LogP contribution in [0.25, 0.3) is 0 Å². The van der Waals surface area contributed by atoms with Gasteiger partial charge in [-0.1, -0.05) is 30.3 Å². The van der Waals surface area contributed by atoms with Crippen LogP contribution in [0.1, 0.15) is 10.4 Å². The first kappa shape index (κ1) is 16.6. The zero-order chi connectivity index (χ0) is 14.6. The maximum atomic E-state index is 11.6. The van der Waals surface area contributed by atoms with Crippen LogP contribution < -0.4 is 0 Å². The van der Waals surface area contributed by atoms with E-state index >= 15 is 0 Å². The Balaban J connectivity index is 2.10. The first-order valence-corrected chi connectivity index (χ1v) is 6.77. The lowest BCUT2D eigenvalue weighted by Gasteiger charge is -2.06. The summed E-state index contributed by atoms with van der Waals surface area (Å²) in [6.45, 7) is 1.56. The van der Waals surface area contributed by atoms with Gasteiger partial charge in [-0.15, -0.1) is 11.6 Å². The summed E-state index contributed by atoms with van der Waals surface area (Å²) < 4.78 is 15.1. The van der Waals surface area contributed by atoms with E-state index < -0.39 is 11.8 Å². The maximum absolute atomic E-state index is 11.6. The highest BCUT2D eigenvalue weighted by Gasteiger charge is 2.16. The molecule has 0 aliphatic carbocycles. The first-order chi connectivity index (χ1) is 9.75. The van der Waals surface area contributed by atoms with Gasteiger partial charge in [-0.05, 0) is 0 Å². The van der Waals surface area contributed by atoms with Gasteiger partial charge in [0.2, 0.25) is 0 Å². The monoisotopic (exact) mass is 300 g/mol. The van der Waals surface area contributed by atoms with Gasteiger partial charge < -0.3 is 14.2 Å². The van der Waals surface area contributed by atoms with Crippen molar-refractivity contribution >= 4 is 23.4 Å². The van der Waals surface area contributed by atoms with E-state index in [9.17, 15) is 9.59 Å². The molecule has 0 aromatic heterocycles.